The summed E-state index contributed by atoms with van der Waals surface area (Å²) >= 11 is 0. The molecule has 1 spiro atoms. The Bertz CT molecular complexity index is 222. The normalized spacial score (nSPS) is 50.8. The third-order valence-corrected chi connectivity index (χ3v) is 3.73. The fraction of sp³-hybridized carbons (Fsp3) is 1.00. The maximum atomic E-state index is 8.03. The molecule has 0 aromatic heterocycles. The summed E-state index contributed by atoms with van der Waals surface area (Å²) in [6, 6.07) is 0. The van der Waals surface area contributed by atoms with E-state index >= 15 is 0 Å². The van der Waals surface area contributed by atoms with Gasteiger partial charge in [0.2, 0.25) is 0 Å². The highest BCUT2D eigenvalue weighted by atomic mass is 16.5. The van der Waals surface area contributed by atoms with Gasteiger partial charge in [-0.1, -0.05) is 19.8 Å². The van der Waals surface area contributed by atoms with Gasteiger partial charge in [-0.05, 0) is 44.4 Å². The smallest absolute Gasteiger partial charge is 0.0632 e. The zero-order valence-corrected chi connectivity index (χ0v) is 9.15. The van der Waals surface area contributed by atoms with Crippen molar-refractivity contribution < 1.29 is 6.11 Å². The molecule has 0 bridgehead atoms. The third-order valence-electron chi connectivity index (χ3n) is 3.73. The second-order valence-corrected chi connectivity index (χ2v) is 5.68. The van der Waals surface area contributed by atoms with Gasteiger partial charge in [0.05, 0.1) is 12.2 Å². The number of ether oxygens (including phenoxy) is 1. The maximum absolute atomic E-state index is 8.03. The van der Waals surface area contributed by atoms with Crippen LogP contribution in [0.2, 0.25) is 0 Å². The first kappa shape index (κ1) is 8.28. The van der Waals surface area contributed by atoms with Gasteiger partial charge >= 0.3 is 0 Å². The van der Waals surface area contributed by atoms with E-state index in [4.69, 9.17) is 6.11 Å². The molecule has 0 aromatic rings. The van der Waals surface area contributed by atoms with E-state index in [9.17, 15) is 0 Å². The predicted molar refractivity (Wildman–Crippen MR) is 54.7 cm³/mol. The van der Waals surface area contributed by atoms with Crippen molar-refractivity contribution >= 4 is 0 Å². The van der Waals surface area contributed by atoms with E-state index in [-0.39, 0.29) is 11.5 Å². The first-order valence-electron chi connectivity index (χ1n) is 5.97. The highest BCUT2D eigenvalue weighted by Crippen LogP contribution is 2.49. The van der Waals surface area contributed by atoms with Crippen molar-refractivity contribution in [2.24, 2.45) is 11.3 Å². The Morgan fingerprint density at radius 1 is 1.31 bits per heavy atom. The molecular weight excluding hydrogens is 160 g/mol. The van der Waals surface area contributed by atoms with E-state index in [0.29, 0.717) is 5.41 Å². The molecule has 1 nitrogen and oxygen atoms in total. The van der Waals surface area contributed by atoms with Gasteiger partial charge in [0.25, 0.3) is 0 Å². The van der Waals surface area contributed by atoms with Gasteiger partial charge in [-0.3, -0.25) is 0 Å². The summed E-state index contributed by atoms with van der Waals surface area (Å²) in [4.78, 5) is 0. The Morgan fingerprint density at radius 2 is 1.92 bits per heavy atom. The van der Waals surface area contributed by atoms with Crippen LogP contribution in [0.3, 0.4) is 0 Å². The minimum atomic E-state index is -0.169. The first-order chi connectivity index (χ1) is 6.33. The van der Waals surface area contributed by atoms with Crippen LogP contribution in [0, 0.1) is 11.3 Å². The van der Waals surface area contributed by atoms with Crippen LogP contribution in [-0.4, -0.2) is 12.2 Å². The van der Waals surface area contributed by atoms with Crippen LogP contribution in [0.1, 0.15) is 54.2 Å². The van der Waals surface area contributed by atoms with Gasteiger partial charge in [-0.25, -0.2) is 0 Å². The molecule has 0 unspecified atom stereocenters. The third kappa shape index (κ3) is 1.90. The van der Waals surface area contributed by atoms with Crippen LogP contribution in [-0.2, 0) is 4.74 Å². The van der Waals surface area contributed by atoms with Gasteiger partial charge in [-0.15, -0.1) is 0 Å². The molecule has 2 rings (SSSR count). The van der Waals surface area contributed by atoms with Crippen LogP contribution in [0.15, 0.2) is 0 Å². The van der Waals surface area contributed by atoms with Crippen LogP contribution in [0.4, 0.5) is 0 Å². The Labute approximate surface area is 83.3 Å². The van der Waals surface area contributed by atoms with E-state index in [0.717, 1.165) is 19.4 Å². The van der Waals surface area contributed by atoms with Crippen molar-refractivity contribution in [3.8, 4) is 0 Å². The molecule has 1 aliphatic carbocycles. The molecule has 0 radical (unpaired) electrons. The maximum Gasteiger partial charge on any atom is 0.0632 e. The van der Waals surface area contributed by atoms with Gasteiger partial charge in [0.1, 0.15) is 0 Å². The van der Waals surface area contributed by atoms with Gasteiger partial charge < -0.3 is 4.74 Å². The van der Waals surface area contributed by atoms with Gasteiger partial charge in [0, 0.05) is 1.37 Å². The summed E-state index contributed by atoms with van der Waals surface area (Å²) in [7, 11) is 0. The zero-order valence-electron chi connectivity index (χ0n) is 10.2. The molecular formula is C12H22O. The largest absolute Gasteiger partial charge is 0.375 e. The lowest BCUT2D eigenvalue weighted by atomic mass is 9.68. The Balaban J connectivity index is 2.01. The second-order valence-electron chi connectivity index (χ2n) is 5.68. The summed E-state index contributed by atoms with van der Waals surface area (Å²) in [6.07, 6.45) is 5.67. The molecule has 0 atom stereocenters. The summed E-state index contributed by atoms with van der Waals surface area (Å²) in [6.45, 7) is 7.38. The van der Waals surface area contributed by atoms with Crippen molar-refractivity contribution in [1.82, 2.24) is 0 Å². The molecule has 1 aliphatic heterocycles. The Morgan fingerprint density at radius 3 is 2.38 bits per heavy atom. The number of hydrogen-bond donors (Lipinski definition) is 0. The molecule has 76 valence electrons. The lowest BCUT2D eigenvalue weighted by Gasteiger charge is -2.35. The van der Waals surface area contributed by atoms with Crippen LogP contribution < -0.4 is 0 Å². The van der Waals surface area contributed by atoms with Crippen molar-refractivity contribution in [1.29, 1.82) is 0 Å². The summed E-state index contributed by atoms with van der Waals surface area (Å²) < 4.78 is 13.9. The van der Waals surface area contributed by atoms with E-state index in [1.807, 2.05) is 0 Å². The lowest BCUT2D eigenvalue weighted by Crippen LogP contribution is -2.28. The monoisotopic (exact) mass is 183 g/mol. The molecule has 0 N–H and O–H groups in total. The van der Waals surface area contributed by atoms with Gasteiger partial charge in [0.15, 0.2) is 0 Å². The number of rotatable bonds is 0. The van der Waals surface area contributed by atoms with Crippen LogP contribution in [0.25, 0.3) is 0 Å². The minimum Gasteiger partial charge on any atom is -0.375 e. The predicted octanol–water partition coefficient (Wildman–Crippen LogP) is 3.38. The topological polar surface area (TPSA) is 9.23 Å². The first-order valence-corrected chi connectivity index (χ1v) is 5.47. The number of hydrogen-bond acceptors (Lipinski definition) is 1. The Hall–Kier alpha value is -0.0400. The molecule has 1 heterocycles. The fourth-order valence-electron chi connectivity index (χ4n) is 2.88. The van der Waals surface area contributed by atoms with Gasteiger partial charge in [-0.2, -0.15) is 0 Å². The average molecular weight is 183 g/mol. The fourth-order valence-corrected chi connectivity index (χ4v) is 2.88. The standard InChI is InChI=1S/C12H22O/c1-10-4-6-12(7-5-10)8-11(2,3)13-9-12/h10H,4-9H2,1-3H3/i10D. The molecule has 0 amide bonds. The summed E-state index contributed by atoms with van der Waals surface area (Å²) in [5, 5.41) is 0. The zero-order chi connectivity index (χ0) is 10.4. The van der Waals surface area contributed by atoms with E-state index in [1.165, 1.54) is 19.3 Å². The molecule has 1 heteroatoms. The highest BCUT2D eigenvalue weighted by Gasteiger charge is 2.45. The SMILES string of the molecule is [2H]C1(C)CCC2(CC1)COC(C)(C)C2. The van der Waals surface area contributed by atoms with Crippen molar-refractivity contribution in [2.45, 2.75) is 58.5 Å². The molecule has 13 heavy (non-hydrogen) atoms. The molecule has 0 aromatic carbocycles. The van der Waals surface area contributed by atoms with E-state index in [1.54, 1.807) is 0 Å². The average Bonchev–Trinajstić information content (AvgIpc) is 2.36. The van der Waals surface area contributed by atoms with E-state index in [2.05, 4.69) is 20.8 Å². The quantitative estimate of drug-likeness (QED) is 0.559. The second kappa shape index (κ2) is 2.98. The van der Waals surface area contributed by atoms with Crippen molar-refractivity contribution in [3.05, 3.63) is 0 Å². The van der Waals surface area contributed by atoms with Crippen molar-refractivity contribution in [3.63, 3.8) is 0 Å². The minimum absolute atomic E-state index is 0.0791. The van der Waals surface area contributed by atoms with Crippen LogP contribution >= 0.6 is 0 Å². The summed E-state index contributed by atoms with van der Waals surface area (Å²) in [5.41, 5.74) is 0.500. The molecule has 1 saturated carbocycles. The molecule has 1 saturated heterocycles. The van der Waals surface area contributed by atoms with Crippen molar-refractivity contribution in [2.75, 3.05) is 6.61 Å². The van der Waals surface area contributed by atoms with E-state index < -0.39 is 0 Å². The Kier molecular flexibility index (Phi) is 1.90. The molecule has 2 fully saturated rings. The highest BCUT2D eigenvalue weighted by molar-refractivity contribution is 4.95. The summed E-state index contributed by atoms with van der Waals surface area (Å²) in [5.74, 6) is -0.169. The lowest BCUT2D eigenvalue weighted by molar-refractivity contribution is 0.0273. The van der Waals surface area contributed by atoms with Crippen LogP contribution in [0.5, 0.6) is 0 Å². The molecule has 2 aliphatic rings.